The summed E-state index contributed by atoms with van der Waals surface area (Å²) < 4.78 is 4.94. The van der Waals surface area contributed by atoms with Crippen molar-refractivity contribution in [2.24, 2.45) is 5.73 Å². The molecule has 70 valence electrons. The lowest BCUT2D eigenvalue weighted by Gasteiger charge is -2.18. The van der Waals surface area contributed by atoms with E-state index in [1.807, 2.05) is 0 Å². The summed E-state index contributed by atoms with van der Waals surface area (Å²) in [5.41, 5.74) is 4.71. The molecule has 0 aliphatic heterocycles. The molecule has 4 nitrogen and oxygen atoms in total. The van der Waals surface area contributed by atoms with E-state index in [0.29, 0.717) is 6.54 Å². The maximum atomic E-state index is 10.9. The number of hydrogen-bond donors (Lipinski definition) is 2. The Morgan fingerprint density at radius 3 is 2.58 bits per heavy atom. The molecule has 3 N–H and O–H groups in total. The third-order valence-corrected chi connectivity index (χ3v) is 0.854. The molecule has 12 heavy (non-hydrogen) atoms. The first-order chi connectivity index (χ1) is 5.45. The molecule has 0 unspecified atom stereocenters. The second kappa shape index (κ2) is 4.77. The third-order valence-electron chi connectivity index (χ3n) is 0.854. The number of carbonyl (C=O) groups excluding carboxylic acids is 1. The van der Waals surface area contributed by atoms with E-state index in [1.54, 1.807) is 26.8 Å². The van der Waals surface area contributed by atoms with Crippen LogP contribution in [-0.2, 0) is 4.74 Å². The Morgan fingerprint density at radius 2 is 2.17 bits per heavy atom. The number of nitrogens with one attached hydrogen (secondary N) is 1. The minimum Gasteiger partial charge on any atom is -0.444 e. The Labute approximate surface area is 72.8 Å². The molecule has 0 saturated carbocycles. The van der Waals surface area contributed by atoms with Crippen molar-refractivity contribution in [3.63, 3.8) is 0 Å². The van der Waals surface area contributed by atoms with Crippen molar-refractivity contribution in [3.8, 4) is 0 Å². The van der Waals surface area contributed by atoms with Gasteiger partial charge in [0.25, 0.3) is 0 Å². The zero-order chi connectivity index (χ0) is 9.61. The maximum Gasteiger partial charge on any atom is 0.411 e. The van der Waals surface area contributed by atoms with Crippen LogP contribution in [0.25, 0.3) is 0 Å². The summed E-state index contributed by atoms with van der Waals surface area (Å²) in [6, 6.07) is 0. The molecule has 0 heterocycles. The van der Waals surface area contributed by atoms with Crippen molar-refractivity contribution in [1.29, 1.82) is 0 Å². The van der Waals surface area contributed by atoms with Gasteiger partial charge in [-0.15, -0.1) is 0 Å². The fourth-order valence-electron chi connectivity index (χ4n) is 0.503. The van der Waals surface area contributed by atoms with Gasteiger partial charge in [-0.1, -0.05) is 6.08 Å². The number of amides is 1. The van der Waals surface area contributed by atoms with Crippen molar-refractivity contribution >= 4 is 6.09 Å². The Kier molecular flexibility index (Phi) is 4.36. The zero-order valence-electron chi connectivity index (χ0n) is 7.76. The Morgan fingerprint density at radius 1 is 1.58 bits per heavy atom. The second-order valence-corrected chi connectivity index (χ2v) is 3.28. The van der Waals surface area contributed by atoms with Gasteiger partial charge in [-0.3, -0.25) is 5.32 Å². The molecule has 0 aromatic rings. The number of nitrogens with two attached hydrogens (primary N) is 1. The van der Waals surface area contributed by atoms with Crippen LogP contribution in [0.4, 0.5) is 4.79 Å². The highest BCUT2D eigenvalue weighted by Gasteiger charge is 2.14. The van der Waals surface area contributed by atoms with Gasteiger partial charge in [0.2, 0.25) is 0 Å². The Hall–Kier alpha value is -1.03. The lowest BCUT2D eigenvalue weighted by molar-refractivity contribution is 0.0552. The van der Waals surface area contributed by atoms with Crippen LogP contribution >= 0.6 is 0 Å². The van der Waals surface area contributed by atoms with E-state index >= 15 is 0 Å². The third kappa shape index (κ3) is 7.08. The smallest absolute Gasteiger partial charge is 0.411 e. The van der Waals surface area contributed by atoms with Gasteiger partial charge in [0.15, 0.2) is 0 Å². The molecular formula is C8H16N2O2. The first-order valence-corrected chi connectivity index (χ1v) is 3.80. The van der Waals surface area contributed by atoms with Gasteiger partial charge in [-0.05, 0) is 20.8 Å². The predicted octanol–water partition coefficient (Wildman–Crippen LogP) is 0.983. The van der Waals surface area contributed by atoms with Gasteiger partial charge in [0, 0.05) is 12.7 Å². The molecule has 0 radical (unpaired) electrons. The average Bonchev–Trinajstić information content (AvgIpc) is 1.84. The van der Waals surface area contributed by atoms with Crippen molar-refractivity contribution in [2.75, 3.05) is 6.54 Å². The number of hydrogen-bond acceptors (Lipinski definition) is 3. The van der Waals surface area contributed by atoms with E-state index in [9.17, 15) is 4.79 Å². The normalized spacial score (nSPS) is 11.7. The van der Waals surface area contributed by atoms with Crippen LogP contribution in [-0.4, -0.2) is 18.2 Å². The summed E-state index contributed by atoms with van der Waals surface area (Å²) in [6.07, 6.45) is 2.63. The number of carbonyl (C=O) groups is 1. The number of alkyl carbamates (subject to hydrolysis) is 1. The van der Waals surface area contributed by atoms with Crippen LogP contribution in [0, 0.1) is 0 Å². The highest BCUT2D eigenvalue weighted by molar-refractivity contribution is 5.68. The van der Waals surface area contributed by atoms with Gasteiger partial charge in [-0.25, -0.2) is 4.79 Å². The van der Waals surface area contributed by atoms with Crippen LogP contribution in [0.2, 0.25) is 0 Å². The molecule has 0 spiro atoms. The number of ether oxygens (including phenoxy) is 1. The topological polar surface area (TPSA) is 64.3 Å². The molecule has 0 bridgehead atoms. The van der Waals surface area contributed by atoms with Crippen molar-refractivity contribution in [3.05, 3.63) is 12.3 Å². The highest BCUT2D eigenvalue weighted by Crippen LogP contribution is 2.05. The first kappa shape index (κ1) is 11.0. The molecule has 0 aromatic carbocycles. The molecule has 4 heteroatoms. The van der Waals surface area contributed by atoms with Gasteiger partial charge in [0.05, 0.1) is 0 Å². The van der Waals surface area contributed by atoms with Crippen molar-refractivity contribution in [1.82, 2.24) is 5.32 Å². The quantitative estimate of drug-likeness (QED) is 0.652. The molecule has 0 saturated heterocycles. The second-order valence-electron chi connectivity index (χ2n) is 3.28. The van der Waals surface area contributed by atoms with Gasteiger partial charge < -0.3 is 10.5 Å². The van der Waals surface area contributed by atoms with Crippen LogP contribution in [0.5, 0.6) is 0 Å². The van der Waals surface area contributed by atoms with Crippen molar-refractivity contribution in [2.45, 2.75) is 26.4 Å². The molecule has 0 fully saturated rings. The largest absolute Gasteiger partial charge is 0.444 e. The van der Waals surface area contributed by atoms with Gasteiger partial charge >= 0.3 is 6.09 Å². The predicted molar refractivity (Wildman–Crippen MR) is 47.6 cm³/mol. The molecule has 0 rings (SSSR count). The van der Waals surface area contributed by atoms with Gasteiger partial charge in [0.1, 0.15) is 5.60 Å². The SMILES string of the molecule is CC(C)(C)OC(=O)NC=CCN. The summed E-state index contributed by atoms with van der Waals surface area (Å²) >= 11 is 0. The Balaban J connectivity index is 3.68. The fourth-order valence-corrected chi connectivity index (χ4v) is 0.503. The van der Waals surface area contributed by atoms with Crippen LogP contribution in [0.1, 0.15) is 20.8 Å². The summed E-state index contributed by atoms with van der Waals surface area (Å²) in [4.78, 5) is 10.9. The minimum absolute atomic E-state index is 0.399. The monoisotopic (exact) mass is 172 g/mol. The molecule has 0 aliphatic carbocycles. The standard InChI is InChI=1S/C8H16N2O2/c1-8(2,3)12-7(11)10-6-4-5-9/h4,6H,5,9H2,1-3H3,(H,10,11). The summed E-state index contributed by atoms with van der Waals surface area (Å²) in [5.74, 6) is 0. The van der Waals surface area contributed by atoms with E-state index < -0.39 is 11.7 Å². The van der Waals surface area contributed by atoms with E-state index in [-0.39, 0.29) is 0 Å². The highest BCUT2D eigenvalue weighted by atomic mass is 16.6. The average molecular weight is 172 g/mol. The fraction of sp³-hybridized carbons (Fsp3) is 0.625. The first-order valence-electron chi connectivity index (χ1n) is 3.80. The van der Waals surface area contributed by atoms with Crippen LogP contribution in [0.3, 0.4) is 0 Å². The molecule has 1 amide bonds. The molecule has 0 aliphatic rings. The van der Waals surface area contributed by atoms with Crippen molar-refractivity contribution < 1.29 is 9.53 Å². The van der Waals surface area contributed by atoms with E-state index in [4.69, 9.17) is 10.5 Å². The van der Waals surface area contributed by atoms with E-state index in [2.05, 4.69) is 5.32 Å². The number of rotatable bonds is 2. The minimum atomic E-state index is -0.466. The van der Waals surface area contributed by atoms with E-state index in [0.717, 1.165) is 0 Å². The molecule has 0 atom stereocenters. The summed E-state index contributed by atoms with van der Waals surface area (Å²) in [6.45, 7) is 5.81. The maximum absolute atomic E-state index is 10.9. The Bertz CT molecular complexity index is 170. The lowest BCUT2D eigenvalue weighted by Crippen LogP contribution is -2.29. The van der Waals surface area contributed by atoms with Gasteiger partial charge in [-0.2, -0.15) is 0 Å². The van der Waals surface area contributed by atoms with Crippen LogP contribution in [0.15, 0.2) is 12.3 Å². The summed E-state index contributed by atoms with van der Waals surface area (Å²) in [7, 11) is 0. The lowest BCUT2D eigenvalue weighted by atomic mass is 10.2. The van der Waals surface area contributed by atoms with E-state index in [1.165, 1.54) is 6.20 Å². The molecular weight excluding hydrogens is 156 g/mol. The summed E-state index contributed by atoms with van der Waals surface area (Å²) in [5, 5.41) is 2.42. The zero-order valence-corrected chi connectivity index (χ0v) is 7.76. The molecule has 0 aromatic heterocycles. The van der Waals surface area contributed by atoms with Crippen LogP contribution < -0.4 is 11.1 Å².